The van der Waals surface area contributed by atoms with Crippen molar-refractivity contribution in [2.45, 2.75) is 51.5 Å². The number of aromatic nitrogens is 2. The van der Waals surface area contributed by atoms with Crippen LogP contribution in [0.5, 0.6) is 0 Å². The second kappa shape index (κ2) is 8.42. The second-order valence-corrected chi connectivity index (χ2v) is 6.84. The molecule has 1 saturated carbocycles. The molecular weight excluding hydrogens is 302 g/mol. The summed E-state index contributed by atoms with van der Waals surface area (Å²) in [5.74, 6) is 0.786. The van der Waals surface area contributed by atoms with Gasteiger partial charge in [0.1, 0.15) is 11.5 Å². The molecule has 6 heteroatoms. The number of likely N-dealkylation sites (N-methyl/N-ethyl adjacent to an activating group) is 1. The van der Waals surface area contributed by atoms with Crippen molar-refractivity contribution in [3.05, 3.63) is 18.1 Å². The normalized spacial score (nSPS) is 20.6. The van der Waals surface area contributed by atoms with E-state index in [0.29, 0.717) is 11.7 Å². The largest absolute Gasteiger partial charge is 0.353 e. The molecule has 2 aliphatic rings. The maximum atomic E-state index is 12.4. The molecule has 1 aromatic heterocycles. The number of nitrogens with zero attached hydrogens (tertiary/aromatic N) is 4. The summed E-state index contributed by atoms with van der Waals surface area (Å²) in [6, 6.07) is 0.295. The second-order valence-electron chi connectivity index (χ2n) is 6.84. The summed E-state index contributed by atoms with van der Waals surface area (Å²) in [5, 5.41) is 3.13. The Balaban J connectivity index is 1.54. The predicted molar refractivity (Wildman–Crippen MR) is 95.3 cm³/mol. The monoisotopic (exact) mass is 331 g/mol. The minimum atomic E-state index is -0.0863. The van der Waals surface area contributed by atoms with Crippen molar-refractivity contribution in [1.82, 2.24) is 20.2 Å². The van der Waals surface area contributed by atoms with E-state index >= 15 is 0 Å². The minimum Gasteiger partial charge on any atom is -0.353 e. The Hall–Kier alpha value is -1.69. The van der Waals surface area contributed by atoms with E-state index in [0.717, 1.165) is 51.4 Å². The van der Waals surface area contributed by atoms with Crippen LogP contribution in [-0.4, -0.2) is 59.5 Å². The molecule has 1 aliphatic heterocycles. The summed E-state index contributed by atoms with van der Waals surface area (Å²) < 4.78 is 0. The van der Waals surface area contributed by atoms with Crippen LogP contribution in [0.3, 0.4) is 0 Å². The Labute approximate surface area is 144 Å². The fraction of sp³-hybridized carbons (Fsp3) is 0.722. The van der Waals surface area contributed by atoms with Crippen LogP contribution in [0.4, 0.5) is 5.82 Å². The minimum absolute atomic E-state index is 0.0863. The van der Waals surface area contributed by atoms with Crippen molar-refractivity contribution in [2.24, 2.45) is 0 Å². The number of carbonyl (C=O) groups is 1. The van der Waals surface area contributed by atoms with E-state index in [2.05, 4.69) is 32.0 Å². The van der Waals surface area contributed by atoms with Crippen molar-refractivity contribution >= 4 is 11.7 Å². The van der Waals surface area contributed by atoms with Crippen LogP contribution < -0.4 is 10.2 Å². The first-order chi connectivity index (χ1) is 11.8. The van der Waals surface area contributed by atoms with Crippen LogP contribution in [0.25, 0.3) is 0 Å². The zero-order valence-electron chi connectivity index (χ0n) is 14.7. The fourth-order valence-electron chi connectivity index (χ4n) is 3.58. The van der Waals surface area contributed by atoms with E-state index in [9.17, 15) is 4.79 Å². The van der Waals surface area contributed by atoms with Gasteiger partial charge in [-0.05, 0) is 19.4 Å². The van der Waals surface area contributed by atoms with Crippen LogP contribution >= 0.6 is 0 Å². The Morgan fingerprint density at radius 3 is 2.38 bits per heavy atom. The molecule has 1 saturated heterocycles. The van der Waals surface area contributed by atoms with E-state index in [1.165, 1.54) is 25.7 Å². The maximum absolute atomic E-state index is 12.4. The third kappa shape index (κ3) is 4.44. The number of amides is 1. The van der Waals surface area contributed by atoms with Gasteiger partial charge in [0.15, 0.2) is 0 Å². The van der Waals surface area contributed by atoms with Gasteiger partial charge in [-0.3, -0.25) is 4.79 Å². The SMILES string of the molecule is CCN1CCN(c2cnc(C(=O)NC3CCCCCC3)cn2)CC1. The number of rotatable bonds is 4. The summed E-state index contributed by atoms with van der Waals surface area (Å²) in [6.45, 7) is 7.34. The van der Waals surface area contributed by atoms with Gasteiger partial charge in [0.2, 0.25) is 0 Å². The molecule has 0 atom stereocenters. The lowest BCUT2D eigenvalue weighted by Gasteiger charge is -2.34. The molecule has 1 amide bonds. The lowest BCUT2D eigenvalue weighted by atomic mass is 10.1. The zero-order chi connectivity index (χ0) is 16.8. The summed E-state index contributed by atoms with van der Waals surface area (Å²) in [4.78, 5) is 25.9. The quantitative estimate of drug-likeness (QED) is 0.856. The van der Waals surface area contributed by atoms with Gasteiger partial charge in [-0.2, -0.15) is 0 Å². The highest BCUT2D eigenvalue weighted by Crippen LogP contribution is 2.18. The van der Waals surface area contributed by atoms with Gasteiger partial charge < -0.3 is 15.1 Å². The lowest BCUT2D eigenvalue weighted by Crippen LogP contribution is -2.46. The van der Waals surface area contributed by atoms with Crippen LogP contribution in [0, 0.1) is 0 Å². The van der Waals surface area contributed by atoms with E-state index in [4.69, 9.17) is 0 Å². The van der Waals surface area contributed by atoms with Gasteiger partial charge >= 0.3 is 0 Å². The molecule has 0 radical (unpaired) electrons. The molecule has 24 heavy (non-hydrogen) atoms. The molecular formula is C18H29N5O. The van der Waals surface area contributed by atoms with Gasteiger partial charge in [0.25, 0.3) is 5.91 Å². The number of anilines is 1. The highest BCUT2D eigenvalue weighted by Gasteiger charge is 2.19. The topological polar surface area (TPSA) is 61.4 Å². The molecule has 6 nitrogen and oxygen atoms in total. The smallest absolute Gasteiger partial charge is 0.271 e. The Bertz CT molecular complexity index is 517. The van der Waals surface area contributed by atoms with Crippen molar-refractivity contribution in [2.75, 3.05) is 37.6 Å². The standard InChI is InChI=1S/C18H29N5O/c1-2-22-9-11-23(12-10-22)17-14-19-16(13-20-17)18(24)21-15-7-5-3-4-6-8-15/h13-15H,2-12H2,1H3,(H,21,24). The van der Waals surface area contributed by atoms with E-state index < -0.39 is 0 Å². The number of hydrogen-bond acceptors (Lipinski definition) is 5. The van der Waals surface area contributed by atoms with Gasteiger partial charge in [-0.15, -0.1) is 0 Å². The van der Waals surface area contributed by atoms with Crippen LogP contribution in [-0.2, 0) is 0 Å². The highest BCUT2D eigenvalue weighted by atomic mass is 16.1. The van der Waals surface area contributed by atoms with E-state index in [1.807, 2.05) is 0 Å². The third-order valence-electron chi connectivity index (χ3n) is 5.20. The first kappa shape index (κ1) is 17.1. The van der Waals surface area contributed by atoms with Gasteiger partial charge in [-0.25, -0.2) is 9.97 Å². The zero-order valence-corrected chi connectivity index (χ0v) is 14.7. The van der Waals surface area contributed by atoms with Gasteiger partial charge in [-0.1, -0.05) is 32.6 Å². The molecule has 3 rings (SSSR count). The number of nitrogens with one attached hydrogen (secondary N) is 1. The third-order valence-corrected chi connectivity index (χ3v) is 5.20. The van der Waals surface area contributed by atoms with Crippen molar-refractivity contribution in [1.29, 1.82) is 0 Å². The molecule has 2 fully saturated rings. The lowest BCUT2D eigenvalue weighted by molar-refractivity contribution is 0.0928. The van der Waals surface area contributed by atoms with E-state index in [1.54, 1.807) is 12.4 Å². The first-order valence-corrected chi connectivity index (χ1v) is 9.36. The van der Waals surface area contributed by atoms with Gasteiger partial charge in [0, 0.05) is 32.2 Å². The van der Waals surface area contributed by atoms with Crippen molar-refractivity contribution in [3.63, 3.8) is 0 Å². The molecule has 2 heterocycles. The molecule has 132 valence electrons. The van der Waals surface area contributed by atoms with Gasteiger partial charge in [0.05, 0.1) is 12.4 Å². The molecule has 1 aromatic rings. The van der Waals surface area contributed by atoms with Crippen LogP contribution in [0.15, 0.2) is 12.4 Å². The van der Waals surface area contributed by atoms with Crippen molar-refractivity contribution in [3.8, 4) is 0 Å². The molecule has 1 N–H and O–H groups in total. The number of piperazine rings is 1. The Kier molecular flexibility index (Phi) is 6.01. The fourth-order valence-corrected chi connectivity index (χ4v) is 3.58. The maximum Gasteiger partial charge on any atom is 0.271 e. The summed E-state index contributed by atoms with van der Waals surface area (Å²) in [6.07, 6.45) is 10.5. The highest BCUT2D eigenvalue weighted by molar-refractivity contribution is 5.92. The summed E-state index contributed by atoms with van der Waals surface area (Å²) >= 11 is 0. The summed E-state index contributed by atoms with van der Waals surface area (Å²) in [5.41, 5.74) is 0.426. The van der Waals surface area contributed by atoms with E-state index in [-0.39, 0.29) is 5.91 Å². The van der Waals surface area contributed by atoms with Crippen molar-refractivity contribution < 1.29 is 4.79 Å². The molecule has 0 spiro atoms. The summed E-state index contributed by atoms with van der Waals surface area (Å²) in [7, 11) is 0. The molecule has 0 aromatic carbocycles. The van der Waals surface area contributed by atoms with Crippen LogP contribution in [0.2, 0.25) is 0 Å². The van der Waals surface area contributed by atoms with Crippen LogP contribution in [0.1, 0.15) is 55.9 Å². The Morgan fingerprint density at radius 2 is 1.79 bits per heavy atom. The average molecular weight is 331 g/mol. The average Bonchev–Trinajstić information content (AvgIpc) is 2.90. The number of carbonyl (C=O) groups excluding carboxylic acids is 1. The Morgan fingerprint density at radius 1 is 1.08 bits per heavy atom. The first-order valence-electron chi connectivity index (χ1n) is 9.36. The predicted octanol–water partition coefficient (Wildman–Crippen LogP) is 2.07. The molecule has 0 unspecified atom stereocenters. The number of hydrogen-bond donors (Lipinski definition) is 1. The molecule has 1 aliphatic carbocycles. The molecule has 0 bridgehead atoms.